The molecule has 0 aromatic heterocycles. The van der Waals surface area contributed by atoms with Crippen LogP contribution >= 0.6 is 0 Å². The van der Waals surface area contributed by atoms with Crippen molar-refractivity contribution in [1.82, 2.24) is 0 Å². The van der Waals surface area contributed by atoms with Crippen LogP contribution in [0.2, 0.25) is 0 Å². The quantitative estimate of drug-likeness (QED) is 0.0960. The van der Waals surface area contributed by atoms with Gasteiger partial charge in [0.15, 0.2) is 6.10 Å². The van der Waals surface area contributed by atoms with E-state index in [2.05, 4.69) is 0 Å². The minimum Gasteiger partial charge on any atom is -0.507 e. The van der Waals surface area contributed by atoms with Crippen molar-refractivity contribution < 1.29 is 99.6 Å². The van der Waals surface area contributed by atoms with E-state index in [1.165, 1.54) is 42.5 Å². The molecule has 2 aromatic rings. The first-order valence-electron chi connectivity index (χ1n) is 15.8. The standard InChI is InChI=1S/C32H40O20/c33-9-17-19(36)21(38)25(42)30(50-17)47-13-4-3-12(16(35)8-13)2-1-11-5-14(48-31-26(43)22(39)20(37)18(10-34)51-31)7-15(6-11)49-32-27(44)23(40)24(41)28(52-32)29(45)46/h1-8,17-28,30-44H,9-10H2,(H,45,46)/b2-1+. The van der Waals surface area contributed by atoms with Crippen molar-refractivity contribution in [1.29, 1.82) is 0 Å². The van der Waals surface area contributed by atoms with Gasteiger partial charge in [-0.05, 0) is 29.8 Å². The zero-order chi connectivity index (χ0) is 38.0. The van der Waals surface area contributed by atoms with Crippen molar-refractivity contribution >= 4 is 18.1 Å². The molecule has 0 bridgehead atoms. The molecular formula is C32H40O20. The highest BCUT2D eigenvalue weighted by Crippen LogP contribution is 2.33. The van der Waals surface area contributed by atoms with Gasteiger partial charge in [0.05, 0.1) is 13.2 Å². The normalized spacial score (nSPS) is 38.2. The summed E-state index contributed by atoms with van der Waals surface area (Å²) in [6.45, 7) is -1.42. The van der Waals surface area contributed by atoms with E-state index in [1.807, 2.05) is 0 Å². The molecule has 0 amide bonds. The lowest BCUT2D eigenvalue weighted by Crippen LogP contribution is -2.61. The number of aromatic hydroxyl groups is 1. The Morgan fingerprint density at radius 2 is 1.04 bits per heavy atom. The summed E-state index contributed by atoms with van der Waals surface area (Å²) in [5.41, 5.74) is 0.412. The number of carbonyl (C=O) groups is 1. The second-order valence-electron chi connectivity index (χ2n) is 12.3. The Morgan fingerprint density at radius 3 is 1.50 bits per heavy atom. The number of ether oxygens (including phenoxy) is 6. The Balaban J connectivity index is 1.40. The highest BCUT2D eigenvalue weighted by molar-refractivity contribution is 5.74. The van der Waals surface area contributed by atoms with Crippen LogP contribution in [0, 0.1) is 0 Å². The number of hydrogen-bond acceptors (Lipinski definition) is 19. The highest BCUT2D eigenvalue weighted by atomic mass is 16.7. The number of aliphatic hydroxyl groups is 11. The van der Waals surface area contributed by atoms with Crippen LogP contribution in [0.15, 0.2) is 36.4 Å². The number of hydrogen-bond donors (Lipinski definition) is 13. The van der Waals surface area contributed by atoms with Gasteiger partial charge in [-0.1, -0.05) is 12.2 Å². The van der Waals surface area contributed by atoms with Crippen LogP contribution < -0.4 is 14.2 Å². The van der Waals surface area contributed by atoms with E-state index in [-0.39, 0.29) is 34.1 Å². The summed E-state index contributed by atoms with van der Waals surface area (Å²) in [6.07, 6.45) is -22.9. The lowest BCUT2D eigenvalue weighted by molar-refractivity contribution is -0.277. The lowest BCUT2D eigenvalue weighted by Gasteiger charge is -2.39. The number of aliphatic hydroxyl groups excluding tert-OH is 11. The Hall–Kier alpha value is -3.71. The number of carboxylic acids is 1. The zero-order valence-electron chi connectivity index (χ0n) is 26.9. The molecule has 20 heteroatoms. The van der Waals surface area contributed by atoms with Crippen LogP contribution in [0.3, 0.4) is 0 Å². The molecule has 0 aliphatic carbocycles. The van der Waals surface area contributed by atoms with Gasteiger partial charge in [-0.2, -0.15) is 0 Å². The number of phenols is 1. The third-order valence-corrected chi connectivity index (χ3v) is 8.63. The number of aliphatic carboxylic acids is 1. The van der Waals surface area contributed by atoms with E-state index < -0.39 is 111 Å². The van der Waals surface area contributed by atoms with Gasteiger partial charge >= 0.3 is 5.97 Å². The molecule has 13 N–H and O–H groups in total. The molecule has 0 radical (unpaired) electrons. The van der Waals surface area contributed by atoms with Crippen molar-refractivity contribution in [3.05, 3.63) is 47.5 Å². The van der Waals surface area contributed by atoms with Gasteiger partial charge in [-0.3, -0.25) is 0 Å². The molecule has 288 valence electrons. The number of rotatable bonds is 11. The van der Waals surface area contributed by atoms with Crippen molar-refractivity contribution in [2.75, 3.05) is 13.2 Å². The predicted molar refractivity (Wildman–Crippen MR) is 167 cm³/mol. The minimum absolute atomic E-state index is 0.0254. The van der Waals surface area contributed by atoms with Crippen molar-refractivity contribution in [3.8, 4) is 23.0 Å². The van der Waals surface area contributed by atoms with E-state index in [1.54, 1.807) is 0 Å². The number of benzene rings is 2. The summed E-state index contributed by atoms with van der Waals surface area (Å²) in [6, 6.07) is 7.76. The second-order valence-corrected chi connectivity index (χ2v) is 12.3. The van der Waals surface area contributed by atoms with E-state index in [0.717, 1.165) is 6.07 Å². The predicted octanol–water partition coefficient (Wildman–Crippen LogP) is -4.81. The average Bonchev–Trinajstić information content (AvgIpc) is 3.11. The Bertz CT molecular complexity index is 1550. The molecule has 0 saturated carbocycles. The minimum atomic E-state index is -1.99. The zero-order valence-corrected chi connectivity index (χ0v) is 26.9. The summed E-state index contributed by atoms with van der Waals surface area (Å²) in [4.78, 5) is 11.6. The van der Waals surface area contributed by atoms with Gasteiger partial charge < -0.3 is 94.8 Å². The summed E-state index contributed by atoms with van der Waals surface area (Å²) >= 11 is 0. The Labute approximate surface area is 293 Å². The summed E-state index contributed by atoms with van der Waals surface area (Å²) in [7, 11) is 0. The highest BCUT2D eigenvalue weighted by Gasteiger charge is 2.49. The van der Waals surface area contributed by atoms with Gasteiger partial charge in [-0.25, -0.2) is 4.79 Å². The van der Waals surface area contributed by atoms with E-state index in [4.69, 9.17) is 28.4 Å². The van der Waals surface area contributed by atoms with E-state index in [9.17, 15) is 71.2 Å². The molecule has 2 aromatic carbocycles. The maximum atomic E-state index is 11.6. The van der Waals surface area contributed by atoms with E-state index >= 15 is 0 Å². The average molecular weight is 745 g/mol. The van der Waals surface area contributed by atoms with Crippen LogP contribution in [-0.2, 0) is 19.0 Å². The number of carboxylic acid groups (broad SMARTS) is 1. The fourth-order valence-corrected chi connectivity index (χ4v) is 5.63. The third-order valence-electron chi connectivity index (χ3n) is 8.63. The first kappa shape index (κ1) is 39.5. The van der Waals surface area contributed by atoms with Crippen molar-refractivity contribution in [2.45, 2.75) is 92.1 Å². The van der Waals surface area contributed by atoms with Gasteiger partial charge in [0, 0.05) is 17.7 Å². The maximum Gasteiger partial charge on any atom is 0.335 e. The Kier molecular flexibility index (Phi) is 12.6. The molecule has 15 atom stereocenters. The van der Waals surface area contributed by atoms with Crippen LogP contribution in [0.1, 0.15) is 11.1 Å². The molecule has 52 heavy (non-hydrogen) atoms. The molecule has 3 fully saturated rings. The molecular weight excluding hydrogens is 704 g/mol. The monoisotopic (exact) mass is 744 g/mol. The van der Waals surface area contributed by atoms with Crippen LogP contribution in [0.25, 0.3) is 12.2 Å². The first-order valence-corrected chi connectivity index (χ1v) is 15.8. The SMILES string of the molecule is O=C(O)C1OC(Oc2cc(/C=C/c3ccc(OC4OC(CO)C(O)C(O)C4O)cc3O)cc(OC3OC(CO)C(O)C(O)C3O)c2)C(O)C(O)C1O. The van der Waals surface area contributed by atoms with Crippen molar-refractivity contribution in [3.63, 3.8) is 0 Å². The first-order chi connectivity index (χ1) is 24.6. The molecule has 15 unspecified atom stereocenters. The largest absolute Gasteiger partial charge is 0.507 e. The van der Waals surface area contributed by atoms with Gasteiger partial charge in [0.25, 0.3) is 0 Å². The van der Waals surface area contributed by atoms with E-state index in [0.29, 0.717) is 0 Å². The van der Waals surface area contributed by atoms with Gasteiger partial charge in [0.2, 0.25) is 18.9 Å². The molecule has 5 rings (SSSR count). The van der Waals surface area contributed by atoms with Crippen LogP contribution in [-0.4, -0.2) is 178 Å². The second kappa shape index (κ2) is 16.5. The van der Waals surface area contributed by atoms with Gasteiger partial charge in [-0.15, -0.1) is 0 Å². The molecule has 0 spiro atoms. The maximum absolute atomic E-state index is 11.6. The lowest BCUT2D eigenvalue weighted by atomic mass is 9.99. The summed E-state index contributed by atoms with van der Waals surface area (Å²) in [5.74, 6) is -2.36. The van der Waals surface area contributed by atoms with Crippen LogP contribution in [0.4, 0.5) is 0 Å². The topological polar surface area (TPSA) is 335 Å². The summed E-state index contributed by atoms with van der Waals surface area (Å²) in [5, 5.41) is 131. The third kappa shape index (κ3) is 8.40. The molecule has 20 nitrogen and oxygen atoms in total. The summed E-state index contributed by atoms with van der Waals surface area (Å²) < 4.78 is 32.8. The smallest absolute Gasteiger partial charge is 0.335 e. The number of phenolic OH excluding ortho intramolecular Hbond substituents is 1. The molecule has 3 saturated heterocycles. The fraction of sp³-hybridized carbons (Fsp3) is 0.531. The fourth-order valence-electron chi connectivity index (χ4n) is 5.63. The van der Waals surface area contributed by atoms with Crippen molar-refractivity contribution in [2.24, 2.45) is 0 Å². The van der Waals surface area contributed by atoms with Crippen LogP contribution in [0.5, 0.6) is 23.0 Å². The van der Waals surface area contributed by atoms with Gasteiger partial charge in [0.1, 0.15) is 90.1 Å². The molecule has 3 aliphatic heterocycles. The molecule has 3 aliphatic rings. The molecule has 3 heterocycles. The Morgan fingerprint density at radius 1 is 0.577 bits per heavy atom.